The molecular formula is C13H20N4O3. The topological polar surface area (TPSA) is 79.4 Å². The molecule has 2 saturated heterocycles. The standard InChI is InChI=1S/C13H20N4O3/c18-11-3-6-17(13(19)15-11)12-2-1-10(20-12)9-16-7-4-14-5-8-16/h3,6,10,12,14H,1-2,4-5,7-9H2,(H,15,18,19)/t10-,12+/m0/s1. The largest absolute Gasteiger partial charge is 0.353 e. The Kier molecular flexibility index (Phi) is 4.00. The molecule has 0 aliphatic carbocycles. The fraction of sp³-hybridized carbons (Fsp3) is 0.692. The van der Waals surface area contributed by atoms with E-state index in [-0.39, 0.29) is 17.9 Å². The second-order valence-corrected chi connectivity index (χ2v) is 5.36. The smallest absolute Gasteiger partial charge is 0.330 e. The number of rotatable bonds is 3. The van der Waals surface area contributed by atoms with E-state index in [0.29, 0.717) is 0 Å². The number of ether oxygens (including phenoxy) is 1. The van der Waals surface area contributed by atoms with Gasteiger partial charge in [0.25, 0.3) is 5.56 Å². The predicted molar refractivity (Wildman–Crippen MR) is 73.8 cm³/mol. The molecule has 0 saturated carbocycles. The van der Waals surface area contributed by atoms with E-state index in [2.05, 4.69) is 15.2 Å². The normalized spacial score (nSPS) is 27.8. The molecule has 0 spiro atoms. The molecule has 1 aromatic rings. The van der Waals surface area contributed by atoms with Crippen LogP contribution in [-0.2, 0) is 4.74 Å². The molecule has 0 aromatic carbocycles. The van der Waals surface area contributed by atoms with Crippen molar-refractivity contribution in [3.8, 4) is 0 Å². The highest BCUT2D eigenvalue weighted by molar-refractivity contribution is 4.86. The minimum atomic E-state index is -0.398. The summed E-state index contributed by atoms with van der Waals surface area (Å²) in [6.45, 7) is 5.05. The van der Waals surface area contributed by atoms with Gasteiger partial charge in [0.1, 0.15) is 6.23 Å². The quantitative estimate of drug-likeness (QED) is 0.751. The molecule has 0 unspecified atom stereocenters. The Balaban J connectivity index is 1.61. The predicted octanol–water partition coefficient (Wildman–Crippen LogP) is -0.881. The lowest BCUT2D eigenvalue weighted by Gasteiger charge is -2.29. The number of nitrogens with zero attached hydrogens (tertiary/aromatic N) is 2. The monoisotopic (exact) mass is 280 g/mol. The molecule has 2 atom stereocenters. The number of nitrogens with one attached hydrogen (secondary N) is 2. The van der Waals surface area contributed by atoms with Gasteiger partial charge in [-0.25, -0.2) is 4.79 Å². The van der Waals surface area contributed by atoms with Gasteiger partial charge in [0.2, 0.25) is 0 Å². The van der Waals surface area contributed by atoms with Crippen molar-refractivity contribution in [3.63, 3.8) is 0 Å². The van der Waals surface area contributed by atoms with E-state index in [1.807, 2.05) is 0 Å². The van der Waals surface area contributed by atoms with Gasteiger partial charge in [-0.05, 0) is 12.8 Å². The highest BCUT2D eigenvalue weighted by atomic mass is 16.5. The van der Waals surface area contributed by atoms with Crippen LogP contribution in [0.4, 0.5) is 0 Å². The number of H-pyrrole nitrogens is 1. The lowest BCUT2D eigenvalue weighted by molar-refractivity contribution is -0.0170. The highest BCUT2D eigenvalue weighted by Crippen LogP contribution is 2.27. The van der Waals surface area contributed by atoms with E-state index in [1.165, 1.54) is 16.8 Å². The van der Waals surface area contributed by atoms with Crippen LogP contribution < -0.4 is 16.6 Å². The van der Waals surface area contributed by atoms with Crippen LogP contribution in [0.25, 0.3) is 0 Å². The molecule has 1 aromatic heterocycles. The van der Waals surface area contributed by atoms with Gasteiger partial charge < -0.3 is 10.1 Å². The molecule has 0 bridgehead atoms. The van der Waals surface area contributed by atoms with Crippen LogP contribution in [0.5, 0.6) is 0 Å². The maximum atomic E-state index is 11.7. The summed E-state index contributed by atoms with van der Waals surface area (Å²) < 4.78 is 7.42. The van der Waals surface area contributed by atoms with Crippen molar-refractivity contribution in [1.29, 1.82) is 0 Å². The zero-order valence-electron chi connectivity index (χ0n) is 11.4. The molecule has 20 heavy (non-hydrogen) atoms. The first-order valence-corrected chi connectivity index (χ1v) is 7.12. The number of aromatic amines is 1. The second kappa shape index (κ2) is 5.90. The zero-order valence-corrected chi connectivity index (χ0v) is 11.4. The van der Waals surface area contributed by atoms with Crippen molar-refractivity contribution in [2.75, 3.05) is 32.7 Å². The number of hydrogen-bond donors (Lipinski definition) is 2. The van der Waals surface area contributed by atoms with Crippen LogP contribution in [0.15, 0.2) is 21.9 Å². The van der Waals surface area contributed by atoms with E-state index >= 15 is 0 Å². The summed E-state index contributed by atoms with van der Waals surface area (Å²) in [6.07, 6.45) is 3.17. The molecule has 110 valence electrons. The molecule has 0 radical (unpaired) electrons. The van der Waals surface area contributed by atoms with Gasteiger partial charge in [-0.3, -0.25) is 19.2 Å². The maximum Gasteiger partial charge on any atom is 0.330 e. The second-order valence-electron chi connectivity index (χ2n) is 5.36. The fourth-order valence-electron chi connectivity index (χ4n) is 2.86. The van der Waals surface area contributed by atoms with Crippen molar-refractivity contribution in [2.45, 2.75) is 25.2 Å². The van der Waals surface area contributed by atoms with E-state index in [4.69, 9.17) is 4.74 Å². The molecule has 0 amide bonds. The van der Waals surface area contributed by atoms with Crippen molar-refractivity contribution in [2.24, 2.45) is 0 Å². The molecular weight excluding hydrogens is 260 g/mol. The van der Waals surface area contributed by atoms with Gasteiger partial charge in [-0.15, -0.1) is 0 Å². The van der Waals surface area contributed by atoms with E-state index < -0.39 is 5.69 Å². The Labute approximate surface area is 116 Å². The Hall–Kier alpha value is -1.44. The first-order chi connectivity index (χ1) is 9.72. The molecule has 3 heterocycles. The summed E-state index contributed by atoms with van der Waals surface area (Å²) in [7, 11) is 0. The molecule has 7 heteroatoms. The molecule has 2 aliphatic rings. The summed E-state index contributed by atoms with van der Waals surface area (Å²) in [4.78, 5) is 27.4. The van der Waals surface area contributed by atoms with Crippen LogP contribution in [0.3, 0.4) is 0 Å². The Morgan fingerprint density at radius 2 is 2.05 bits per heavy atom. The van der Waals surface area contributed by atoms with Gasteiger partial charge >= 0.3 is 5.69 Å². The van der Waals surface area contributed by atoms with Crippen molar-refractivity contribution >= 4 is 0 Å². The fourth-order valence-corrected chi connectivity index (χ4v) is 2.86. The lowest BCUT2D eigenvalue weighted by atomic mass is 10.2. The summed E-state index contributed by atoms with van der Waals surface area (Å²) in [5, 5.41) is 3.33. The van der Waals surface area contributed by atoms with Crippen LogP contribution in [0.1, 0.15) is 19.1 Å². The van der Waals surface area contributed by atoms with Gasteiger partial charge in [-0.2, -0.15) is 0 Å². The number of piperazine rings is 1. The lowest BCUT2D eigenvalue weighted by Crippen LogP contribution is -2.46. The highest BCUT2D eigenvalue weighted by Gasteiger charge is 2.28. The molecule has 3 rings (SSSR count). The Bertz CT molecular complexity index is 561. The Morgan fingerprint density at radius 1 is 1.25 bits per heavy atom. The van der Waals surface area contributed by atoms with Crippen LogP contribution in [0.2, 0.25) is 0 Å². The average Bonchev–Trinajstić information content (AvgIpc) is 2.88. The van der Waals surface area contributed by atoms with E-state index in [9.17, 15) is 9.59 Å². The molecule has 2 fully saturated rings. The first-order valence-electron chi connectivity index (χ1n) is 7.12. The Morgan fingerprint density at radius 3 is 2.80 bits per heavy atom. The third-order valence-electron chi connectivity index (χ3n) is 3.92. The summed E-state index contributed by atoms with van der Waals surface area (Å²) in [5.41, 5.74) is -0.771. The van der Waals surface area contributed by atoms with Crippen molar-refractivity contribution in [3.05, 3.63) is 33.1 Å². The molecule has 2 aliphatic heterocycles. The van der Waals surface area contributed by atoms with Crippen LogP contribution in [-0.4, -0.2) is 53.3 Å². The third-order valence-corrected chi connectivity index (χ3v) is 3.92. The SMILES string of the molecule is O=c1ccn([C@H]2CC[C@@H](CN3CCNCC3)O2)c(=O)[nH]1. The average molecular weight is 280 g/mol. The van der Waals surface area contributed by atoms with Crippen molar-refractivity contribution < 1.29 is 4.74 Å². The molecule has 7 nitrogen and oxygen atoms in total. The third kappa shape index (κ3) is 3.00. The van der Waals surface area contributed by atoms with E-state index in [0.717, 1.165) is 45.6 Å². The van der Waals surface area contributed by atoms with Crippen molar-refractivity contribution in [1.82, 2.24) is 19.8 Å². The number of hydrogen-bond acceptors (Lipinski definition) is 5. The summed E-state index contributed by atoms with van der Waals surface area (Å²) >= 11 is 0. The minimum Gasteiger partial charge on any atom is -0.353 e. The molecule has 2 N–H and O–H groups in total. The van der Waals surface area contributed by atoms with Gasteiger partial charge in [0, 0.05) is 45.0 Å². The maximum absolute atomic E-state index is 11.7. The van der Waals surface area contributed by atoms with Crippen LogP contribution >= 0.6 is 0 Å². The van der Waals surface area contributed by atoms with Gasteiger partial charge in [0.15, 0.2) is 0 Å². The summed E-state index contributed by atoms with van der Waals surface area (Å²) in [5.74, 6) is 0. The summed E-state index contributed by atoms with van der Waals surface area (Å²) in [6, 6.07) is 1.36. The number of aromatic nitrogens is 2. The zero-order chi connectivity index (χ0) is 13.9. The minimum absolute atomic E-state index is 0.164. The van der Waals surface area contributed by atoms with Gasteiger partial charge in [-0.1, -0.05) is 0 Å². The van der Waals surface area contributed by atoms with Crippen LogP contribution in [0, 0.1) is 0 Å². The van der Waals surface area contributed by atoms with Gasteiger partial charge in [0.05, 0.1) is 6.10 Å². The van der Waals surface area contributed by atoms with E-state index in [1.54, 1.807) is 0 Å². The first kappa shape index (κ1) is 13.5.